The van der Waals surface area contributed by atoms with Gasteiger partial charge in [0, 0.05) is 13.6 Å². The number of halogens is 5. The number of carbonyl (C=O) groups is 1. The minimum absolute atomic E-state index is 0.0199. The Balaban J connectivity index is 2.20. The Kier molecular flexibility index (Phi) is 6.61. The van der Waals surface area contributed by atoms with Crippen LogP contribution in [-0.4, -0.2) is 31.6 Å². The average Bonchev–Trinajstić information content (AvgIpc) is 2.58. The average molecular weight is 408 g/mol. The number of rotatable bonds is 6. The first-order valence-corrected chi connectivity index (χ1v) is 8.00. The highest BCUT2D eigenvalue weighted by Gasteiger charge is 2.19. The van der Waals surface area contributed by atoms with Crippen molar-refractivity contribution < 1.29 is 27.4 Å². The van der Waals surface area contributed by atoms with E-state index in [1.807, 2.05) is 0 Å². The van der Waals surface area contributed by atoms with Gasteiger partial charge in [0.25, 0.3) is 5.91 Å². The largest absolute Gasteiger partial charge is 0.493 e. The van der Waals surface area contributed by atoms with E-state index in [9.17, 15) is 18.0 Å². The van der Waals surface area contributed by atoms with E-state index >= 15 is 0 Å². The number of hydrogen-bond donors (Lipinski definition) is 0. The molecule has 0 aliphatic rings. The molecule has 0 spiro atoms. The highest BCUT2D eigenvalue weighted by molar-refractivity contribution is 6.36. The zero-order valence-corrected chi connectivity index (χ0v) is 15.2. The molecule has 2 aromatic carbocycles. The van der Waals surface area contributed by atoms with Gasteiger partial charge in [-0.25, -0.2) is 4.39 Å². The number of hydrogen-bond acceptors (Lipinski definition) is 3. The van der Waals surface area contributed by atoms with Crippen molar-refractivity contribution in [3.63, 3.8) is 0 Å². The van der Waals surface area contributed by atoms with E-state index in [-0.39, 0.29) is 33.7 Å². The van der Waals surface area contributed by atoms with Crippen LogP contribution >= 0.6 is 23.2 Å². The van der Waals surface area contributed by atoms with Gasteiger partial charge in [0.1, 0.15) is 5.82 Å². The normalized spacial score (nSPS) is 10.8. The summed E-state index contributed by atoms with van der Waals surface area (Å²) in [5, 5.41) is -0.167. The summed E-state index contributed by atoms with van der Waals surface area (Å²) in [5.41, 5.74) is 0.547. The third kappa shape index (κ3) is 4.74. The van der Waals surface area contributed by atoms with Crippen LogP contribution in [0.15, 0.2) is 30.3 Å². The van der Waals surface area contributed by atoms with Gasteiger partial charge in [0.2, 0.25) is 0 Å². The van der Waals surface area contributed by atoms with Crippen LogP contribution in [0.5, 0.6) is 11.5 Å². The van der Waals surface area contributed by atoms with E-state index in [0.717, 1.165) is 12.1 Å². The summed E-state index contributed by atoms with van der Waals surface area (Å²) in [6.07, 6.45) is 0. The maximum absolute atomic E-state index is 13.6. The minimum atomic E-state index is -2.99. The molecular formula is C17H14Cl2F3NO3. The second-order valence-electron chi connectivity index (χ2n) is 5.27. The van der Waals surface area contributed by atoms with Crippen molar-refractivity contribution in [1.82, 2.24) is 4.90 Å². The van der Waals surface area contributed by atoms with Gasteiger partial charge in [0.05, 0.1) is 22.7 Å². The first-order chi connectivity index (χ1) is 12.2. The summed E-state index contributed by atoms with van der Waals surface area (Å²) in [5.74, 6) is -1.32. The summed E-state index contributed by atoms with van der Waals surface area (Å²) < 4.78 is 47.7. The number of alkyl halides is 2. The van der Waals surface area contributed by atoms with Crippen LogP contribution in [0.2, 0.25) is 10.0 Å². The Hall–Kier alpha value is -2.12. The Morgan fingerprint density at radius 3 is 2.46 bits per heavy atom. The summed E-state index contributed by atoms with van der Waals surface area (Å²) in [4.78, 5) is 13.8. The third-order valence-electron chi connectivity index (χ3n) is 3.45. The standard InChI is InChI=1S/C17H14Cl2F3NO3/c1-23(16(24)10-6-13(20)12(19)7-11(10)18)8-9-3-4-14(26-17(21)22)15(5-9)25-2/h3-7,17H,8H2,1-2H3. The highest BCUT2D eigenvalue weighted by Crippen LogP contribution is 2.30. The second-order valence-corrected chi connectivity index (χ2v) is 6.09. The van der Waals surface area contributed by atoms with E-state index in [1.54, 1.807) is 0 Å². The molecule has 0 N–H and O–H groups in total. The first-order valence-electron chi connectivity index (χ1n) is 7.24. The highest BCUT2D eigenvalue weighted by atomic mass is 35.5. The molecular weight excluding hydrogens is 394 g/mol. The van der Waals surface area contributed by atoms with Crippen molar-refractivity contribution in [2.24, 2.45) is 0 Å². The molecule has 4 nitrogen and oxygen atoms in total. The molecule has 26 heavy (non-hydrogen) atoms. The number of methoxy groups -OCH3 is 1. The lowest BCUT2D eigenvalue weighted by Gasteiger charge is -2.19. The molecule has 0 bridgehead atoms. The predicted octanol–water partition coefficient (Wildman–Crippen LogP) is 5.01. The van der Waals surface area contributed by atoms with Crippen molar-refractivity contribution >= 4 is 29.1 Å². The fourth-order valence-electron chi connectivity index (χ4n) is 2.24. The van der Waals surface area contributed by atoms with Crippen LogP contribution in [-0.2, 0) is 6.54 Å². The number of carbonyl (C=O) groups excluding carboxylic acids is 1. The summed E-state index contributed by atoms with van der Waals surface area (Å²) >= 11 is 11.6. The lowest BCUT2D eigenvalue weighted by atomic mass is 10.1. The van der Waals surface area contributed by atoms with Crippen molar-refractivity contribution in [2.75, 3.05) is 14.2 Å². The van der Waals surface area contributed by atoms with Gasteiger partial charge < -0.3 is 14.4 Å². The van der Waals surface area contributed by atoms with Gasteiger partial charge in [-0.2, -0.15) is 8.78 Å². The molecule has 2 aromatic rings. The molecule has 0 aliphatic carbocycles. The van der Waals surface area contributed by atoms with E-state index in [2.05, 4.69) is 4.74 Å². The molecule has 0 radical (unpaired) electrons. The van der Waals surface area contributed by atoms with Gasteiger partial charge in [-0.05, 0) is 29.8 Å². The Labute approximate surface area is 158 Å². The molecule has 9 heteroatoms. The fraction of sp³-hybridized carbons (Fsp3) is 0.235. The van der Waals surface area contributed by atoms with Crippen LogP contribution in [0.3, 0.4) is 0 Å². The summed E-state index contributed by atoms with van der Waals surface area (Å²) in [7, 11) is 2.80. The van der Waals surface area contributed by atoms with Crippen LogP contribution in [0.25, 0.3) is 0 Å². The topological polar surface area (TPSA) is 38.8 Å². The first kappa shape index (κ1) is 20.2. The monoisotopic (exact) mass is 407 g/mol. The van der Waals surface area contributed by atoms with Crippen molar-refractivity contribution in [3.05, 3.63) is 57.3 Å². The predicted molar refractivity (Wildman–Crippen MR) is 91.8 cm³/mol. The molecule has 0 saturated heterocycles. The molecule has 0 atom stereocenters. The lowest BCUT2D eigenvalue weighted by molar-refractivity contribution is -0.0512. The molecule has 0 heterocycles. The maximum Gasteiger partial charge on any atom is 0.387 e. The van der Waals surface area contributed by atoms with Crippen LogP contribution in [0.1, 0.15) is 15.9 Å². The Bertz CT molecular complexity index is 818. The van der Waals surface area contributed by atoms with E-state index < -0.39 is 18.3 Å². The van der Waals surface area contributed by atoms with Crippen molar-refractivity contribution in [2.45, 2.75) is 13.2 Å². The minimum Gasteiger partial charge on any atom is -0.493 e. The van der Waals surface area contributed by atoms with E-state index in [4.69, 9.17) is 27.9 Å². The molecule has 140 valence electrons. The molecule has 0 unspecified atom stereocenters. The van der Waals surface area contributed by atoms with Crippen LogP contribution < -0.4 is 9.47 Å². The van der Waals surface area contributed by atoms with Crippen LogP contribution in [0.4, 0.5) is 13.2 Å². The van der Waals surface area contributed by atoms with Gasteiger partial charge >= 0.3 is 6.61 Å². The van der Waals surface area contributed by atoms with E-state index in [1.165, 1.54) is 37.3 Å². The molecule has 0 saturated carbocycles. The van der Waals surface area contributed by atoms with E-state index in [0.29, 0.717) is 5.56 Å². The Morgan fingerprint density at radius 2 is 1.85 bits per heavy atom. The SMILES string of the molecule is COc1cc(CN(C)C(=O)c2cc(F)c(Cl)cc2Cl)ccc1OC(F)F. The summed E-state index contributed by atoms with van der Waals surface area (Å²) in [6.45, 7) is -2.88. The molecule has 0 aliphatic heterocycles. The molecule has 1 amide bonds. The summed E-state index contributed by atoms with van der Waals surface area (Å²) in [6, 6.07) is 6.40. The fourth-order valence-corrected chi connectivity index (χ4v) is 2.71. The smallest absolute Gasteiger partial charge is 0.387 e. The quantitative estimate of drug-likeness (QED) is 0.631. The van der Waals surface area contributed by atoms with Gasteiger partial charge in [-0.15, -0.1) is 0 Å². The zero-order valence-electron chi connectivity index (χ0n) is 13.7. The maximum atomic E-state index is 13.6. The molecule has 0 aromatic heterocycles. The number of benzene rings is 2. The van der Waals surface area contributed by atoms with Gasteiger partial charge in [0.15, 0.2) is 11.5 Å². The number of ether oxygens (including phenoxy) is 2. The number of nitrogens with zero attached hydrogens (tertiary/aromatic N) is 1. The Morgan fingerprint density at radius 1 is 1.15 bits per heavy atom. The van der Waals surface area contributed by atoms with Gasteiger partial charge in [-0.1, -0.05) is 29.3 Å². The van der Waals surface area contributed by atoms with Crippen LogP contribution in [0, 0.1) is 5.82 Å². The van der Waals surface area contributed by atoms with Gasteiger partial charge in [-0.3, -0.25) is 4.79 Å². The van der Waals surface area contributed by atoms with Crippen molar-refractivity contribution in [3.8, 4) is 11.5 Å². The van der Waals surface area contributed by atoms with Crippen molar-refractivity contribution in [1.29, 1.82) is 0 Å². The number of amides is 1. The molecule has 2 rings (SSSR count). The third-order valence-corrected chi connectivity index (χ3v) is 4.05. The molecule has 0 fully saturated rings. The second kappa shape index (κ2) is 8.51. The lowest BCUT2D eigenvalue weighted by Crippen LogP contribution is -2.26. The zero-order chi connectivity index (χ0) is 19.4.